The number of methoxy groups -OCH3 is 3. The van der Waals surface area contributed by atoms with Gasteiger partial charge in [-0.05, 0) is 56.3 Å². The second-order valence-corrected chi connectivity index (χ2v) is 7.94. The van der Waals surface area contributed by atoms with E-state index in [4.69, 9.17) is 25.8 Å². The number of likely N-dealkylation sites (tertiary alicyclic amines) is 1. The summed E-state index contributed by atoms with van der Waals surface area (Å²) in [5.74, 6) is 1.38. The molecule has 1 heterocycles. The standard InChI is InChI=1S/C23H28ClN3O5/c1-30-19-6-4-16(24)12-18(19)26-23(29)15-8-10-27(11-9-15)14-22(28)25-17-5-7-20(31-2)21(13-17)32-3/h4-7,12-13,15H,8-11,14H2,1-3H3,(H,25,28)(H,26,29). The number of carbonyl (C=O) groups excluding carboxylic acids is 2. The van der Waals surface area contributed by atoms with E-state index in [0.29, 0.717) is 59.6 Å². The van der Waals surface area contributed by atoms with Crippen LogP contribution >= 0.6 is 11.6 Å². The van der Waals surface area contributed by atoms with Gasteiger partial charge in [-0.15, -0.1) is 0 Å². The van der Waals surface area contributed by atoms with Crippen LogP contribution in [0.5, 0.6) is 17.2 Å². The molecule has 3 rings (SSSR count). The molecular weight excluding hydrogens is 434 g/mol. The van der Waals surface area contributed by atoms with E-state index in [0.717, 1.165) is 0 Å². The van der Waals surface area contributed by atoms with Gasteiger partial charge in [0.05, 0.1) is 33.6 Å². The van der Waals surface area contributed by atoms with E-state index in [2.05, 4.69) is 10.6 Å². The topological polar surface area (TPSA) is 89.1 Å². The van der Waals surface area contributed by atoms with Crippen molar-refractivity contribution in [1.29, 1.82) is 0 Å². The zero-order valence-electron chi connectivity index (χ0n) is 18.4. The average molecular weight is 462 g/mol. The molecule has 0 bridgehead atoms. The molecule has 0 atom stereocenters. The molecule has 0 unspecified atom stereocenters. The molecule has 1 aliphatic rings. The number of hydrogen-bond acceptors (Lipinski definition) is 6. The summed E-state index contributed by atoms with van der Waals surface area (Å²) in [5.41, 5.74) is 1.19. The third-order valence-corrected chi connectivity index (χ3v) is 5.65. The van der Waals surface area contributed by atoms with Crippen LogP contribution in [0.3, 0.4) is 0 Å². The van der Waals surface area contributed by atoms with Crippen LogP contribution in [0.4, 0.5) is 11.4 Å². The summed E-state index contributed by atoms with van der Waals surface area (Å²) in [7, 11) is 4.65. The summed E-state index contributed by atoms with van der Waals surface area (Å²) in [6.45, 7) is 1.57. The number of anilines is 2. The first-order valence-electron chi connectivity index (χ1n) is 10.3. The Morgan fingerprint density at radius 3 is 2.25 bits per heavy atom. The molecule has 1 aliphatic heterocycles. The van der Waals surface area contributed by atoms with Crippen LogP contribution in [0.15, 0.2) is 36.4 Å². The molecule has 0 saturated carbocycles. The Bertz CT molecular complexity index is 961. The molecule has 2 aromatic rings. The molecule has 1 saturated heterocycles. The average Bonchev–Trinajstić information content (AvgIpc) is 2.79. The van der Waals surface area contributed by atoms with Crippen LogP contribution in [0, 0.1) is 5.92 Å². The zero-order chi connectivity index (χ0) is 23.1. The summed E-state index contributed by atoms with van der Waals surface area (Å²) < 4.78 is 15.8. The minimum absolute atomic E-state index is 0.0694. The lowest BCUT2D eigenvalue weighted by atomic mass is 9.95. The molecule has 0 aliphatic carbocycles. The second kappa shape index (κ2) is 11.1. The van der Waals surface area contributed by atoms with Crippen molar-refractivity contribution in [2.45, 2.75) is 12.8 Å². The van der Waals surface area contributed by atoms with Gasteiger partial charge in [0.25, 0.3) is 0 Å². The zero-order valence-corrected chi connectivity index (χ0v) is 19.2. The summed E-state index contributed by atoms with van der Waals surface area (Å²) in [5, 5.41) is 6.31. The first kappa shape index (κ1) is 23.7. The van der Waals surface area contributed by atoms with Gasteiger partial charge < -0.3 is 24.8 Å². The van der Waals surface area contributed by atoms with E-state index in [1.807, 2.05) is 4.90 Å². The predicted molar refractivity (Wildman–Crippen MR) is 124 cm³/mol. The van der Waals surface area contributed by atoms with Crippen molar-refractivity contribution in [3.63, 3.8) is 0 Å². The van der Waals surface area contributed by atoms with Crippen LogP contribution in [-0.4, -0.2) is 57.7 Å². The van der Waals surface area contributed by atoms with Gasteiger partial charge in [-0.25, -0.2) is 0 Å². The minimum atomic E-state index is -0.135. The highest BCUT2D eigenvalue weighted by Crippen LogP contribution is 2.30. The Kier molecular flexibility index (Phi) is 8.19. The molecule has 2 amide bonds. The quantitative estimate of drug-likeness (QED) is 0.623. The van der Waals surface area contributed by atoms with Crippen molar-refractivity contribution in [2.24, 2.45) is 5.92 Å². The maximum Gasteiger partial charge on any atom is 0.238 e. The van der Waals surface area contributed by atoms with Gasteiger partial charge in [-0.3, -0.25) is 14.5 Å². The monoisotopic (exact) mass is 461 g/mol. The maximum atomic E-state index is 12.7. The number of nitrogens with one attached hydrogen (secondary N) is 2. The highest BCUT2D eigenvalue weighted by atomic mass is 35.5. The Hall–Kier alpha value is -2.97. The molecule has 0 spiro atoms. The molecule has 2 N–H and O–H groups in total. The number of hydrogen-bond donors (Lipinski definition) is 2. The van der Waals surface area contributed by atoms with Crippen molar-refractivity contribution in [3.05, 3.63) is 41.4 Å². The second-order valence-electron chi connectivity index (χ2n) is 7.50. The van der Waals surface area contributed by atoms with Crippen LogP contribution in [0.25, 0.3) is 0 Å². The molecule has 32 heavy (non-hydrogen) atoms. The smallest absolute Gasteiger partial charge is 0.238 e. The number of amides is 2. The number of rotatable bonds is 8. The summed E-state index contributed by atoms with van der Waals surface area (Å²) in [6.07, 6.45) is 1.33. The molecular formula is C23H28ClN3O5. The van der Waals surface area contributed by atoms with E-state index in [1.54, 1.807) is 57.7 Å². The Morgan fingerprint density at radius 1 is 0.938 bits per heavy atom. The van der Waals surface area contributed by atoms with Gasteiger partial charge in [0.2, 0.25) is 11.8 Å². The van der Waals surface area contributed by atoms with E-state index in [9.17, 15) is 9.59 Å². The van der Waals surface area contributed by atoms with Gasteiger partial charge in [-0.1, -0.05) is 11.6 Å². The largest absolute Gasteiger partial charge is 0.495 e. The first-order chi connectivity index (χ1) is 15.4. The van der Waals surface area contributed by atoms with E-state index in [-0.39, 0.29) is 24.3 Å². The third kappa shape index (κ3) is 6.05. The summed E-state index contributed by atoms with van der Waals surface area (Å²) in [6, 6.07) is 10.3. The van der Waals surface area contributed by atoms with Gasteiger partial charge in [0.1, 0.15) is 5.75 Å². The molecule has 172 valence electrons. The number of nitrogens with zero attached hydrogens (tertiary/aromatic N) is 1. The van der Waals surface area contributed by atoms with E-state index >= 15 is 0 Å². The molecule has 2 aromatic carbocycles. The fourth-order valence-corrected chi connectivity index (χ4v) is 3.86. The van der Waals surface area contributed by atoms with Crippen molar-refractivity contribution in [2.75, 3.05) is 51.6 Å². The lowest BCUT2D eigenvalue weighted by molar-refractivity contribution is -0.121. The number of piperidine rings is 1. The third-order valence-electron chi connectivity index (χ3n) is 5.41. The Morgan fingerprint density at radius 2 is 1.59 bits per heavy atom. The number of carbonyl (C=O) groups is 2. The van der Waals surface area contributed by atoms with Crippen LogP contribution in [0.2, 0.25) is 5.02 Å². The normalized spacial score (nSPS) is 14.5. The number of ether oxygens (including phenoxy) is 3. The van der Waals surface area contributed by atoms with Crippen LogP contribution in [-0.2, 0) is 9.59 Å². The fourth-order valence-electron chi connectivity index (χ4n) is 3.68. The predicted octanol–water partition coefficient (Wildman–Crippen LogP) is 3.66. The number of halogens is 1. The summed E-state index contributed by atoms with van der Waals surface area (Å²) in [4.78, 5) is 27.2. The highest BCUT2D eigenvalue weighted by Gasteiger charge is 2.26. The van der Waals surface area contributed by atoms with Gasteiger partial charge in [-0.2, -0.15) is 0 Å². The van der Waals surface area contributed by atoms with Crippen molar-refractivity contribution in [1.82, 2.24) is 4.90 Å². The summed E-state index contributed by atoms with van der Waals surface area (Å²) >= 11 is 6.04. The number of benzene rings is 2. The Labute approximate surface area is 192 Å². The van der Waals surface area contributed by atoms with Gasteiger partial charge in [0, 0.05) is 22.7 Å². The van der Waals surface area contributed by atoms with E-state index in [1.165, 1.54) is 0 Å². The molecule has 8 nitrogen and oxygen atoms in total. The molecule has 1 fully saturated rings. The van der Waals surface area contributed by atoms with E-state index < -0.39 is 0 Å². The van der Waals surface area contributed by atoms with Crippen LogP contribution in [0.1, 0.15) is 12.8 Å². The fraction of sp³-hybridized carbons (Fsp3) is 0.391. The Balaban J connectivity index is 1.49. The lowest BCUT2D eigenvalue weighted by Crippen LogP contribution is -2.41. The van der Waals surface area contributed by atoms with Gasteiger partial charge in [0.15, 0.2) is 11.5 Å². The first-order valence-corrected chi connectivity index (χ1v) is 10.7. The van der Waals surface area contributed by atoms with Crippen LogP contribution < -0.4 is 24.8 Å². The minimum Gasteiger partial charge on any atom is -0.495 e. The van der Waals surface area contributed by atoms with Crippen molar-refractivity contribution < 1.29 is 23.8 Å². The maximum absolute atomic E-state index is 12.7. The molecule has 9 heteroatoms. The van der Waals surface area contributed by atoms with Gasteiger partial charge >= 0.3 is 0 Å². The molecule has 0 radical (unpaired) electrons. The van der Waals surface area contributed by atoms with Crippen molar-refractivity contribution in [3.8, 4) is 17.2 Å². The lowest BCUT2D eigenvalue weighted by Gasteiger charge is -2.30. The molecule has 0 aromatic heterocycles. The highest BCUT2D eigenvalue weighted by molar-refractivity contribution is 6.31. The SMILES string of the molecule is COc1ccc(Cl)cc1NC(=O)C1CCN(CC(=O)Nc2ccc(OC)c(OC)c2)CC1. The van der Waals surface area contributed by atoms with Crippen molar-refractivity contribution >= 4 is 34.8 Å².